The predicted octanol–water partition coefficient (Wildman–Crippen LogP) is 1.43. The van der Waals surface area contributed by atoms with E-state index in [0.29, 0.717) is 5.69 Å². The summed E-state index contributed by atoms with van der Waals surface area (Å²) in [6, 6.07) is 8.01. The van der Waals surface area contributed by atoms with E-state index in [0.717, 1.165) is 17.7 Å². The van der Waals surface area contributed by atoms with Crippen LogP contribution < -0.4 is 11.1 Å². The number of aryl methyl sites for hydroxylation is 1. The quantitative estimate of drug-likeness (QED) is 0.884. The van der Waals surface area contributed by atoms with Crippen LogP contribution in [0.1, 0.15) is 28.5 Å². The van der Waals surface area contributed by atoms with Gasteiger partial charge in [-0.2, -0.15) is 5.10 Å². The van der Waals surface area contributed by atoms with Gasteiger partial charge in [0.15, 0.2) is 5.69 Å². The number of carbonyl (C=O) groups excluding carboxylic acids is 1. The molecule has 2 aromatic rings. The number of carbonyl (C=O) groups is 1. The maximum Gasteiger partial charge on any atom is 0.271 e. The monoisotopic (exact) mass is 272 g/mol. The maximum atomic E-state index is 11.5. The maximum absolute atomic E-state index is 11.5. The molecule has 0 saturated carbocycles. The van der Waals surface area contributed by atoms with E-state index in [1.807, 2.05) is 26.0 Å². The zero-order chi connectivity index (χ0) is 14.7. The van der Waals surface area contributed by atoms with Gasteiger partial charge in [-0.25, -0.2) is 4.68 Å². The SMILES string of the molecule is CNC(=O)c1ccn(-c2ccc(CC(C)N)cc2C)n1. The highest BCUT2D eigenvalue weighted by Gasteiger charge is 2.10. The molecule has 106 valence electrons. The fourth-order valence-electron chi connectivity index (χ4n) is 2.18. The Morgan fingerprint density at radius 1 is 1.45 bits per heavy atom. The lowest BCUT2D eigenvalue weighted by atomic mass is 10.0. The summed E-state index contributed by atoms with van der Waals surface area (Å²) in [5.41, 5.74) is 9.50. The van der Waals surface area contributed by atoms with Crippen LogP contribution >= 0.6 is 0 Å². The minimum Gasteiger partial charge on any atom is -0.354 e. The predicted molar refractivity (Wildman–Crippen MR) is 79.0 cm³/mol. The van der Waals surface area contributed by atoms with Gasteiger partial charge in [0.25, 0.3) is 5.91 Å². The number of nitrogens with one attached hydrogen (secondary N) is 1. The van der Waals surface area contributed by atoms with E-state index < -0.39 is 0 Å². The molecule has 0 aliphatic heterocycles. The zero-order valence-electron chi connectivity index (χ0n) is 12.1. The van der Waals surface area contributed by atoms with Crippen LogP contribution in [-0.4, -0.2) is 28.8 Å². The van der Waals surface area contributed by atoms with Crippen molar-refractivity contribution in [2.75, 3.05) is 7.05 Å². The normalized spacial score (nSPS) is 12.2. The number of aromatic nitrogens is 2. The lowest BCUT2D eigenvalue weighted by Gasteiger charge is -2.10. The number of nitrogens with zero attached hydrogens (tertiary/aromatic N) is 2. The first-order valence-corrected chi connectivity index (χ1v) is 6.64. The van der Waals surface area contributed by atoms with Crippen molar-refractivity contribution in [2.24, 2.45) is 5.73 Å². The summed E-state index contributed by atoms with van der Waals surface area (Å²) < 4.78 is 1.72. The standard InChI is InChI=1S/C15H20N4O/c1-10-8-12(9-11(2)16)4-5-14(10)19-7-6-13(18-19)15(20)17-3/h4-8,11H,9,16H2,1-3H3,(H,17,20). The highest BCUT2D eigenvalue weighted by Crippen LogP contribution is 2.16. The van der Waals surface area contributed by atoms with E-state index in [9.17, 15) is 4.79 Å². The summed E-state index contributed by atoms with van der Waals surface area (Å²) in [6.07, 6.45) is 2.64. The second kappa shape index (κ2) is 5.88. The fourth-order valence-corrected chi connectivity index (χ4v) is 2.18. The lowest BCUT2D eigenvalue weighted by Crippen LogP contribution is -2.18. The molecule has 0 radical (unpaired) electrons. The van der Waals surface area contributed by atoms with Crippen LogP contribution in [0, 0.1) is 6.92 Å². The summed E-state index contributed by atoms with van der Waals surface area (Å²) in [4.78, 5) is 11.5. The van der Waals surface area contributed by atoms with Crippen LogP contribution in [-0.2, 0) is 6.42 Å². The van der Waals surface area contributed by atoms with Gasteiger partial charge in [-0.3, -0.25) is 4.79 Å². The molecule has 0 bridgehead atoms. The van der Waals surface area contributed by atoms with E-state index in [1.165, 1.54) is 5.56 Å². The Labute approximate surface area is 118 Å². The van der Waals surface area contributed by atoms with Gasteiger partial charge in [-0.15, -0.1) is 0 Å². The molecule has 3 N–H and O–H groups in total. The van der Waals surface area contributed by atoms with E-state index in [4.69, 9.17) is 5.73 Å². The fraction of sp³-hybridized carbons (Fsp3) is 0.333. The van der Waals surface area contributed by atoms with E-state index >= 15 is 0 Å². The summed E-state index contributed by atoms with van der Waals surface area (Å²) in [7, 11) is 1.59. The zero-order valence-corrected chi connectivity index (χ0v) is 12.1. The smallest absolute Gasteiger partial charge is 0.271 e. The first-order valence-electron chi connectivity index (χ1n) is 6.64. The van der Waals surface area contributed by atoms with E-state index in [-0.39, 0.29) is 11.9 Å². The summed E-state index contributed by atoms with van der Waals surface area (Å²) in [6.45, 7) is 4.02. The molecule has 5 heteroatoms. The first-order chi connectivity index (χ1) is 9.51. The molecule has 0 spiro atoms. The van der Waals surface area contributed by atoms with Crippen molar-refractivity contribution in [2.45, 2.75) is 26.3 Å². The van der Waals surface area contributed by atoms with Crippen LogP contribution in [0.3, 0.4) is 0 Å². The average Bonchev–Trinajstić information content (AvgIpc) is 2.86. The van der Waals surface area contributed by atoms with Crippen molar-refractivity contribution < 1.29 is 4.79 Å². The van der Waals surface area contributed by atoms with Crippen molar-refractivity contribution in [1.82, 2.24) is 15.1 Å². The Hall–Kier alpha value is -2.14. The van der Waals surface area contributed by atoms with Gasteiger partial charge in [-0.1, -0.05) is 12.1 Å². The van der Waals surface area contributed by atoms with Crippen LogP contribution in [0.15, 0.2) is 30.5 Å². The van der Waals surface area contributed by atoms with Gasteiger partial charge in [0.2, 0.25) is 0 Å². The second-order valence-corrected chi connectivity index (χ2v) is 5.03. The molecule has 5 nitrogen and oxygen atoms in total. The summed E-state index contributed by atoms with van der Waals surface area (Å²) >= 11 is 0. The number of hydrogen-bond acceptors (Lipinski definition) is 3. The van der Waals surface area contributed by atoms with E-state index in [2.05, 4.69) is 16.5 Å². The molecule has 1 aromatic heterocycles. The number of hydrogen-bond donors (Lipinski definition) is 2. The molecule has 1 heterocycles. The lowest BCUT2D eigenvalue weighted by molar-refractivity contribution is 0.0957. The van der Waals surface area contributed by atoms with Crippen molar-refractivity contribution in [3.05, 3.63) is 47.3 Å². The number of rotatable bonds is 4. The molecular weight excluding hydrogens is 252 g/mol. The second-order valence-electron chi connectivity index (χ2n) is 5.03. The average molecular weight is 272 g/mol. The molecular formula is C15H20N4O. The topological polar surface area (TPSA) is 72.9 Å². The van der Waals surface area contributed by atoms with Crippen molar-refractivity contribution in [3.8, 4) is 5.69 Å². The molecule has 0 aliphatic carbocycles. The Balaban J connectivity index is 2.29. The van der Waals surface area contributed by atoms with Crippen molar-refractivity contribution >= 4 is 5.91 Å². The minimum atomic E-state index is -0.185. The summed E-state index contributed by atoms with van der Waals surface area (Å²) in [5, 5.41) is 6.85. The molecule has 2 rings (SSSR count). The number of amides is 1. The molecule has 1 unspecified atom stereocenters. The van der Waals surface area contributed by atoms with Gasteiger partial charge >= 0.3 is 0 Å². The summed E-state index contributed by atoms with van der Waals surface area (Å²) in [5.74, 6) is -0.185. The van der Waals surface area contributed by atoms with Crippen LogP contribution in [0.5, 0.6) is 0 Å². The third kappa shape index (κ3) is 3.05. The van der Waals surface area contributed by atoms with Gasteiger partial charge in [0, 0.05) is 19.3 Å². The molecule has 1 atom stereocenters. The van der Waals surface area contributed by atoms with Gasteiger partial charge < -0.3 is 11.1 Å². The third-order valence-electron chi connectivity index (χ3n) is 3.11. The molecule has 20 heavy (non-hydrogen) atoms. The first kappa shape index (κ1) is 14.3. The van der Waals surface area contributed by atoms with Crippen molar-refractivity contribution in [3.63, 3.8) is 0 Å². The largest absolute Gasteiger partial charge is 0.354 e. The highest BCUT2D eigenvalue weighted by atomic mass is 16.1. The van der Waals surface area contributed by atoms with Crippen molar-refractivity contribution in [1.29, 1.82) is 0 Å². The number of benzene rings is 1. The Morgan fingerprint density at radius 2 is 2.20 bits per heavy atom. The minimum absolute atomic E-state index is 0.143. The Bertz CT molecular complexity index is 616. The molecule has 0 saturated heterocycles. The molecule has 0 fully saturated rings. The third-order valence-corrected chi connectivity index (χ3v) is 3.11. The van der Waals surface area contributed by atoms with Crippen LogP contribution in [0.2, 0.25) is 0 Å². The van der Waals surface area contributed by atoms with Gasteiger partial charge in [-0.05, 0) is 43.5 Å². The number of nitrogens with two attached hydrogens (primary N) is 1. The van der Waals surface area contributed by atoms with Gasteiger partial charge in [0.05, 0.1) is 5.69 Å². The van der Waals surface area contributed by atoms with Gasteiger partial charge in [0.1, 0.15) is 0 Å². The van der Waals surface area contributed by atoms with E-state index in [1.54, 1.807) is 24.0 Å². The van der Waals surface area contributed by atoms with Crippen LogP contribution in [0.4, 0.5) is 0 Å². The molecule has 1 aromatic carbocycles. The Kier molecular flexibility index (Phi) is 4.20. The van der Waals surface area contributed by atoms with Crippen LogP contribution in [0.25, 0.3) is 5.69 Å². The molecule has 1 amide bonds. The highest BCUT2D eigenvalue weighted by molar-refractivity contribution is 5.91. The Morgan fingerprint density at radius 3 is 2.80 bits per heavy atom. The molecule has 0 aliphatic rings.